The van der Waals surface area contributed by atoms with Crippen LogP contribution in [0, 0.1) is 0 Å². The van der Waals surface area contributed by atoms with Crippen LogP contribution in [0.15, 0.2) is 30.3 Å². The molecular weight excluding hydrogens is 252 g/mol. The Labute approximate surface area is 110 Å². The van der Waals surface area contributed by atoms with E-state index in [4.69, 9.17) is 14.2 Å². The zero-order chi connectivity index (χ0) is 13.4. The Balaban J connectivity index is 1.75. The molecule has 2 saturated heterocycles. The van der Waals surface area contributed by atoms with Crippen LogP contribution in [0.4, 0.5) is 0 Å². The van der Waals surface area contributed by atoms with Crippen molar-refractivity contribution in [2.24, 2.45) is 0 Å². The van der Waals surface area contributed by atoms with Gasteiger partial charge in [0.2, 0.25) is 0 Å². The van der Waals surface area contributed by atoms with Gasteiger partial charge in [0.15, 0.2) is 12.6 Å². The Kier molecular flexibility index (Phi) is 3.53. The highest BCUT2D eigenvalue weighted by Gasteiger charge is 2.48. The minimum atomic E-state index is -1.42. The number of aliphatic hydroxyl groups is 3. The molecule has 2 fully saturated rings. The summed E-state index contributed by atoms with van der Waals surface area (Å²) < 4.78 is 16.3. The third-order valence-corrected chi connectivity index (χ3v) is 3.42. The Bertz CT molecular complexity index is 422. The molecule has 0 spiro atoms. The summed E-state index contributed by atoms with van der Waals surface area (Å²) in [6, 6.07) is 9.31. The maximum atomic E-state index is 9.94. The van der Waals surface area contributed by atoms with E-state index in [2.05, 4.69) is 0 Å². The fourth-order valence-corrected chi connectivity index (χ4v) is 2.37. The maximum Gasteiger partial charge on any atom is 0.184 e. The van der Waals surface area contributed by atoms with Crippen LogP contribution in [0.25, 0.3) is 0 Å². The van der Waals surface area contributed by atoms with E-state index in [0.29, 0.717) is 0 Å². The van der Waals surface area contributed by atoms with Crippen LogP contribution in [0.3, 0.4) is 0 Å². The number of aliphatic hydroxyl groups excluding tert-OH is 3. The summed E-state index contributed by atoms with van der Waals surface area (Å²) in [4.78, 5) is 0. The molecule has 1 aromatic carbocycles. The van der Waals surface area contributed by atoms with Crippen molar-refractivity contribution in [1.82, 2.24) is 0 Å². The quantitative estimate of drug-likeness (QED) is 0.639. The van der Waals surface area contributed by atoms with Gasteiger partial charge in [0, 0.05) is 5.56 Å². The Morgan fingerprint density at radius 2 is 1.68 bits per heavy atom. The van der Waals surface area contributed by atoms with Gasteiger partial charge in [-0.05, 0) is 0 Å². The third-order valence-electron chi connectivity index (χ3n) is 3.42. The van der Waals surface area contributed by atoms with Gasteiger partial charge in [-0.15, -0.1) is 0 Å². The highest BCUT2D eigenvalue weighted by atomic mass is 16.7. The van der Waals surface area contributed by atoms with Gasteiger partial charge in [-0.25, -0.2) is 0 Å². The second-order valence-corrected chi connectivity index (χ2v) is 4.72. The molecule has 6 atom stereocenters. The van der Waals surface area contributed by atoms with Crippen molar-refractivity contribution in [2.45, 2.75) is 37.0 Å². The lowest BCUT2D eigenvalue weighted by Gasteiger charge is -2.45. The largest absolute Gasteiger partial charge is 0.387 e. The van der Waals surface area contributed by atoms with Gasteiger partial charge in [-0.2, -0.15) is 0 Å². The molecule has 0 aliphatic carbocycles. The Morgan fingerprint density at radius 1 is 0.947 bits per heavy atom. The molecule has 0 saturated carbocycles. The smallest absolute Gasteiger partial charge is 0.184 e. The molecule has 0 amide bonds. The summed E-state index contributed by atoms with van der Waals surface area (Å²) in [5.41, 5.74) is 0.828. The fraction of sp³-hybridized carbons (Fsp3) is 0.538. The van der Waals surface area contributed by atoms with E-state index in [1.54, 1.807) is 0 Å². The summed E-state index contributed by atoms with van der Waals surface area (Å²) in [6.07, 6.45) is -5.93. The summed E-state index contributed by atoms with van der Waals surface area (Å²) in [5, 5.41) is 29.0. The number of fused-ring (bicyclic) bond motifs is 1. The molecule has 104 valence electrons. The molecule has 1 aromatic rings. The summed E-state index contributed by atoms with van der Waals surface area (Å²) >= 11 is 0. The molecule has 0 bridgehead atoms. The van der Waals surface area contributed by atoms with E-state index < -0.39 is 37.0 Å². The standard InChI is InChI=1S/C13H16O6/c14-9-10(15)12(16)18-8-6-17-13(19-11(8)9)7-4-2-1-3-5-7/h1-5,8-16H,6H2/t8-,9-,10-,11+,12-,13-/m1/s1. The average Bonchev–Trinajstić information content (AvgIpc) is 2.46. The van der Waals surface area contributed by atoms with E-state index in [0.717, 1.165) is 5.56 Å². The van der Waals surface area contributed by atoms with Crippen LogP contribution in [0.5, 0.6) is 0 Å². The number of rotatable bonds is 1. The molecule has 19 heavy (non-hydrogen) atoms. The molecule has 6 nitrogen and oxygen atoms in total. The van der Waals surface area contributed by atoms with Gasteiger partial charge < -0.3 is 29.5 Å². The van der Waals surface area contributed by atoms with Gasteiger partial charge in [-0.1, -0.05) is 30.3 Å². The molecule has 6 heteroatoms. The van der Waals surface area contributed by atoms with Gasteiger partial charge in [-0.3, -0.25) is 0 Å². The molecule has 2 aliphatic rings. The highest BCUT2D eigenvalue weighted by molar-refractivity contribution is 5.16. The van der Waals surface area contributed by atoms with Crippen LogP contribution in [-0.2, 0) is 14.2 Å². The fourth-order valence-electron chi connectivity index (χ4n) is 2.37. The van der Waals surface area contributed by atoms with Crippen LogP contribution in [-0.4, -0.2) is 52.6 Å². The van der Waals surface area contributed by atoms with Crippen molar-refractivity contribution < 1.29 is 29.5 Å². The van der Waals surface area contributed by atoms with E-state index in [-0.39, 0.29) is 6.61 Å². The SMILES string of the molecule is O[C@@H]1[C@@H](O)[C@H](O)O[C@@H]2CO[C@@H](c3ccccc3)O[C@H]12. The predicted molar refractivity (Wildman–Crippen MR) is 62.9 cm³/mol. The van der Waals surface area contributed by atoms with Crippen LogP contribution in [0.1, 0.15) is 11.9 Å². The van der Waals surface area contributed by atoms with Crippen molar-refractivity contribution in [2.75, 3.05) is 6.61 Å². The van der Waals surface area contributed by atoms with Crippen LogP contribution in [0.2, 0.25) is 0 Å². The van der Waals surface area contributed by atoms with Crippen molar-refractivity contribution in [1.29, 1.82) is 0 Å². The normalized spacial score (nSPS) is 42.7. The second-order valence-electron chi connectivity index (χ2n) is 4.72. The third kappa shape index (κ3) is 2.38. The second kappa shape index (κ2) is 5.16. The van der Waals surface area contributed by atoms with Crippen molar-refractivity contribution in [3.8, 4) is 0 Å². The number of benzene rings is 1. The Hall–Kier alpha value is -1.02. The molecule has 3 N–H and O–H groups in total. The van der Waals surface area contributed by atoms with Crippen LogP contribution < -0.4 is 0 Å². The van der Waals surface area contributed by atoms with Gasteiger partial charge >= 0.3 is 0 Å². The summed E-state index contributed by atoms with van der Waals surface area (Å²) in [7, 11) is 0. The zero-order valence-electron chi connectivity index (χ0n) is 10.1. The maximum absolute atomic E-state index is 9.94. The molecular formula is C13H16O6. The van der Waals surface area contributed by atoms with Gasteiger partial charge in [0.25, 0.3) is 0 Å². The molecule has 0 unspecified atom stereocenters. The molecule has 2 aliphatic heterocycles. The molecule has 2 heterocycles. The monoisotopic (exact) mass is 268 g/mol. The number of ether oxygens (including phenoxy) is 3. The van der Waals surface area contributed by atoms with Crippen molar-refractivity contribution >= 4 is 0 Å². The lowest BCUT2D eigenvalue weighted by atomic mass is 9.98. The van der Waals surface area contributed by atoms with Gasteiger partial charge in [0.05, 0.1) is 6.61 Å². The minimum Gasteiger partial charge on any atom is -0.387 e. The lowest BCUT2D eigenvalue weighted by molar-refractivity contribution is -0.354. The van der Waals surface area contributed by atoms with E-state index in [1.807, 2.05) is 30.3 Å². The molecule has 3 rings (SSSR count). The first-order valence-corrected chi connectivity index (χ1v) is 6.18. The number of hydrogen-bond acceptors (Lipinski definition) is 6. The Morgan fingerprint density at radius 3 is 2.42 bits per heavy atom. The van der Waals surface area contributed by atoms with Crippen molar-refractivity contribution in [3.05, 3.63) is 35.9 Å². The first-order chi connectivity index (χ1) is 9.16. The zero-order valence-corrected chi connectivity index (χ0v) is 10.1. The summed E-state index contributed by atoms with van der Waals surface area (Å²) in [6.45, 7) is 0.186. The van der Waals surface area contributed by atoms with E-state index in [1.165, 1.54) is 0 Å². The summed E-state index contributed by atoms with van der Waals surface area (Å²) in [5.74, 6) is 0. The first kappa shape index (κ1) is 13.0. The van der Waals surface area contributed by atoms with E-state index in [9.17, 15) is 15.3 Å². The van der Waals surface area contributed by atoms with Crippen molar-refractivity contribution in [3.63, 3.8) is 0 Å². The predicted octanol–water partition coefficient (Wildman–Crippen LogP) is -0.460. The topological polar surface area (TPSA) is 88.4 Å². The van der Waals surface area contributed by atoms with Crippen LogP contribution >= 0.6 is 0 Å². The minimum absolute atomic E-state index is 0.186. The molecule has 0 aromatic heterocycles. The number of hydrogen-bond donors (Lipinski definition) is 3. The highest BCUT2D eigenvalue weighted by Crippen LogP contribution is 2.33. The van der Waals surface area contributed by atoms with Gasteiger partial charge in [0.1, 0.15) is 24.4 Å². The lowest BCUT2D eigenvalue weighted by Crippen LogP contribution is -2.61. The molecule has 0 radical (unpaired) electrons. The average molecular weight is 268 g/mol. The van der Waals surface area contributed by atoms with E-state index >= 15 is 0 Å². The first-order valence-electron chi connectivity index (χ1n) is 6.18.